The molecule has 7 heteroatoms. The lowest BCUT2D eigenvalue weighted by Crippen LogP contribution is -2.38. The maximum Gasteiger partial charge on any atom is 0.244 e. The van der Waals surface area contributed by atoms with Gasteiger partial charge >= 0.3 is 0 Å². The molecule has 0 amide bonds. The molecule has 0 bridgehead atoms. The minimum absolute atomic E-state index is 0. The topological polar surface area (TPSA) is 49.4 Å². The predicted octanol–water partition coefficient (Wildman–Crippen LogP) is 2.16. The van der Waals surface area contributed by atoms with Gasteiger partial charge in [-0.1, -0.05) is 6.07 Å². The van der Waals surface area contributed by atoms with Gasteiger partial charge in [-0.3, -0.25) is 0 Å². The van der Waals surface area contributed by atoms with Gasteiger partial charge in [0, 0.05) is 24.1 Å². The Kier molecular flexibility index (Phi) is 5.82. The van der Waals surface area contributed by atoms with E-state index in [1.54, 1.807) is 13.1 Å². The van der Waals surface area contributed by atoms with Gasteiger partial charge < -0.3 is 5.32 Å². The fourth-order valence-electron chi connectivity index (χ4n) is 2.12. The van der Waals surface area contributed by atoms with Gasteiger partial charge in [0.2, 0.25) is 10.0 Å². The van der Waals surface area contributed by atoms with Crippen molar-refractivity contribution in [3.8, 4) is 0 Å². The van der Waals surface area contributed by atoms with Crippen LogP contribution < -0.4 is 5.32 Å². The Morgan fingerprint density at radius 3 is 2.63 bits per heavy atom. The Hall–Kier alpha value is -0.140. The van der Waals surface area contributed by atoms with Gasteiger partial charge in [0.05, 0.1) is 4.90 Å². The van der Waals surface area contributed by atoms with Gasteiger partial charge in [-0.2, -0.15) is 4.31 Å². The van der Waals surface area contributed by atoms with Crippen molar-refractivity contribution < 1.29 is 8.42 Å². The van der Waals surface area contributed by atoms with Gasteiger partial charge in [-0.15, -0.1) is 12.4 Å². The number of sulfonamides is 1. The highest BCUT2D eigenvalue weighted by Gasteiger charge is 2.31. The number of nitrogens with one attached hydrogen (secondary N) is 1. The molecule has 1 heterocycles. The number of halogens is 2. The van der Waals surface area contributed by atoms with Gasteiger partial charge in [0.25, 0.3) is 0 Å². The third-order valence-corrected chi connectivity index (χ3v) is 6.18. The molecular formula is C12H18BrClN2O2S. The summed E-state index contributed by atoms with van der Waals surface area (Å²) in [6.07, 6.45) is 0.860. The van der Waals surface area contributed by atoms with Crippen LogP contribution in [-0.4, -0.2) is 38.9 Å². The molecule has 1 unspecified atom stereocenters. The van der Waals surface area contributed by atoms with Crippen molar-refractivity contribution >= 4 is 38.4 Å². The third-order valence-electron chi connectivity index (χ3n) is 3.29. The summed E-state index contributed by atoms with van der Waals surface area (Å²) >= 11 is 3.34. The normalized spacial score (nSPS) is 19.5. The summed E-state index contributed by atoms with van der Waals surface area (Å²) in [6.45, 7) is 3.53. The zero-order valence-corrected chi connectivity index (χ0v) is 14.1. The van der Waals surface area contributed by atoms with Crippen LogP contribution in [0.25, 0.3) is 0 Å². The van der Waals surface area contributed by atoms with Crippen LogP contribution >= 0.6 is 28.3 Å². The van der Waals surface area contributed by atoms with Gasteiger partial charge in [-0.05, 0) is 53.5 Å². The molecular weight excluding hydrogens is 352 g/mol. The smallest absolute Gasteiger partial charge is 0.244 e. The zero-order chi connectivity index (χ0) is 13.3. The molecule has 19 heavy (non-hydrogen) atoms. The summed E-state index contributed by atoms with van der Waals surface area (Å²) in [5, 5.41) is 3.18. The summed E-state index contributed by atoms with van der Waals surface area (Å²) in [7, 11) is -1.77. The highest BCUT2D eigenvalue weighted by Crippen LogP contribution is 2.27. The van der Waals surface area contributed by atoms with E-state index in [1.807, 2.05) is 19.1 Å². The third kappa shape index (κ3) is 3.49. The fraction of sp³-hybridized carbons (Fsp3) is 0.500. The molecule has 1 aliphatic rings. The van der Waals surface area contributed by atoms with Gasteiger partial charge in [0.1, 0.15) is 0 Å². The Bertz CT molecular complexity index is 545. The largest absolute Gasteiger partial charge is 0.315 e. The number of rotatable bonds is 3. The van der Waals surface area contributed by atoms with E-state index in [1.165, 1.54) is 4.31 Å². The van der Waals surface area contributed by atoms with Crippen LogP contribution in [0.3, 0.4) is 0 Å². The molecule has 0 radical (unpaired) electrons. The van der Waals surface area contributed by atoms with Crippen molar-refractivity contribution in [1.82, 2.24) is 9.62 Å². The van der Waals surface area contributed by atoms with E-state index < -0.39 is 10.0 Å². The first-order valence-electron chi connectivity index (χ1n) is 5.88. The molecule has 1 aliphatic heterocycles. The van der Waals surface area contributed by atoms with Crippen LogP contribution in [0.1, 0.15) is 12.0 Å². The number of likely N-dealkylation sites (N-methyl/N-ethyl adjacent to an activating group) is 1. The SMILES string of the molecule is Cc1ccc(S(=O)(=O)N(C)C2CCNC2)c(Br)c1.Cl. The minimum Gasteiger partial charge on any atom is -0.315 e. The van der Waals surface area contributed by atoms with Crippen LogP contribution in [0.4, 0.5) is 0 Å². The van der Waals surface area contributed by atoms with E-state index in [9.17, 15) is 8.42 Å². The van der Waals surface area contributed by atoms with Crippen molar-refractivity contribution in [2.45, 2.75) is 24.3 Å². The first kappa shape index (κ1) is 16.9. The van der Waals surface area contributed by atoms with Crippen molar-refractivity contribution in [2.75, 3.05) is 20.1 Å². The van der Waals surface area contributed by atoms with Crippen molar-refractivity contribution in [1.29, 1.82) is 0 Å². The summed E-state index contributed by atoms with van der Waals surface area (Å²) in [6, 6.07) is 5.35. The number of nitrogens with zero attached hydrogens (tertiary/aromatic N) is 1. The first-order chi connectivity index (χ1) is 8.43. The lowest BCUT2D eigenvalue weighted by Gasteiger charge is -2.23. The lowest BCUT2D eigenvalue weighted by atomic mass is 10.2. The maximum atomic E-state index is 12.5. The second kappa shape index (κ2) is 6.54. The Balaban J connectivity index is 0.00000180. The van der Waals surface area contributed by atoms with Crippen molar-refractivity contribution in [3.63, 3.8) is 0 Å². The summed E-state index contributed by atoms with van der Waals surface area (Å²) < 4.78 is 27.1. The molecule has 1 atom stereocenters. The van der Waals surface area contributed by atoms with E-state index in [4.69, 9.17) is 0 Å². The second-order valence-corrected chi connectivity index (χ2v) is 7.42. The molecule has 1 aromatic rings. The minimum atomic E-state index is -3.42. The fourth-order valence-corrected chi connectivity index (χ4v) is 4.65. The van der Waals surface area contributed by atoms with Crippen LogP contribution in [0.5, 0.6) is 0 Å². The molecule has 0 saturated carbocycles. The Morgan fingerprint density at radius 2 is 2.11 bits per heavy atom. The average Bonchev–Trinajstić information content (AvgIpc) is 2.80. The van der Waals surface area contributed by atoms with E-state index in [0.29, 0.717) is 9.37 Å². The summed E-state index contributed by atoms with van der Waals surface area (Å²) in [4.78, 5) is 0.336. The molecule has 0 spiro atoms. The van der Waals surface area contributed by atoms with Crippen LogP contribution in [0.15, 0.2) is 27.6 Å². The van der Waals surface area contributed by atoms with Gasteiger partial charge in [0.15, 0.2) is 0 Å². The molecule has 108 valence electrons. The number of hydrogen-bond acceptors (Lipinski definition) is 3. The quantitative estimate of drug-likeness (QED) is 0.888. The van der Waals surface area contributed by atoms with Crippen LogP contribution in [-0.2, 0) is 10.0 Å². The van der Waals surface area contributed by atoms with E-state index in [2.05, 4.69) is 21.2 Å². The molecule has 1 N–H and O–H groups in total. The Morgan fingerprint density at radius 1 is 1.42 bits per heavy atom. The molecule has 0 aromatic heterocycles. The van der Waals surface area contributed by atoms with Crippen molar-refractivity contribution in [2.24, 2.45) is 0 Å². The molecule has 1 saturated heterocycles. The first-order valence-corrected chi connectivity index (χ1v) is 8.11. The summed E-state index contributed by atoms with van der Waals surface area (Å²) in [5.41, 5.74) is 1.03. The standard InChI is InChI=1S/C12H17BrN2O2S.ClH/c1-9-3-4-12(11(13)7-9)18(16,17)15(2)10-5-6-14-8-10;/h3-4,7,10,14H,5-6,8H2,1-2H3;1H. The number of aryl methyl sites for hydroxylation is 1. The molecule has 1 aromatic carbocycles. The average molecular weight is 370 g/mol. The van der Waals surface area contributed by atoms with E-state index >= 15 is 0 Å². The molecule has 0 aliphatic carbocycles. The van der Waals surface area contributed by atoms with Crippen LogP contribution in [0.2, 0.25) is 0 Å². The Labute approximate surface area is 129 Å². The zero-order valence-electron chi connectivity index (χ0n) is 10.9. The highest BCUT2D eigenvalue weighted by atomic mass is 79.9. The van der Waals surface area contributed by atoms with Gasteiger partial charge in [-0.25, -0.2) is 8.42 Å². The van der Waals surface area contributed by atoms with E-state index in [-0.39, 0.29) is 18.4 Å². The highest BCUT2D eigenvalue weighted by molar-refractivity contribution is 9.10. The second-order valence-electron chi connectivity index (χ2n) is 4.60. The predicted molar refractivity (Wildman–Crippen MR) is 82.4 cm³/mol. The number of benzene rings is 1. The molecule has 4 nitrogen and oxygen atoms in total. The molecule has 2 rings (SSSR count). The summed E-state index contributed by atoms with van der Waals surface area (Å²) in [5.74, 6) is 0. The molecule has 1 fully saturated rings. The number of hydrogen-bond donors (Lipinski definition) is 1. The lowest BCUT2D eigenvalue weighted by molar-refractivity contribution is 0.387. The van der Waals surface area contributed by atoms with Crippen LogP contribution in [0, 0.1) is 6.92 Å². The maximum absolute atomic E-state index is 12.5. The van der Waals surface area contributed by atoms with E-state index in [0.717, 1.165) is 25.1 Å². The monoisotopic (exact) mass is 368 g/mol. The van der Waals surface area contributed by atoms with Crippen molar-refractivity contribution in [3.05, 3.63) is 28.2 Å².